The van der Waals surface area contributed by atoms with Crippen LogP contribution >= 0.6 is 12.4 Å². The van der Waals surface area contributed by atoms with Gasteiger partial charge in [0, 0.05) is 62.0 Å². The maximum absolute atomic E-state index is 4.84. The number of fused-ring (bicyclic) bond motifs is 1. The predicted molar refractivity (Wildman–Crippen MR) is 108 cm³/mol. The van der Waals surface area contributed by atoms with Gasteiger partial charge in [0.1, 0.15) is 5.82 Å². The number of aromatic nitrogens is 5. The Hall–Kier alpha value is -2.51. The average molecular weight is 386 g/mol. The molecule has 3 aromatic rings. The van der Waals surface area contributed by atoms with E-state index in [1.165, 1.54) is 5.56 Å². The zero-order chi connectivity index (χ0) is 17.6. The predicted octanol–water partition coefficient (Wildman–Crippen LogP) is 2.35. The highest BCUT2D eigenvalue weighted by molar-refractivity contribution is 5.85. The fourth-order valence-electron chi connectivity index (χ4n) is 3.20. The van der Waals surface area contributed by atoms with E-state index in [2.05, 4.69) is 20.7 Å². The molecule has 7 nitrogen and oxygen atoms in total. The van der Waals surface area contributed by atoms with Crippen LogP contribution in [0.15, 0.2) is 43.0 Å². The Morgan fingerprint density at radius 1 is 1.07 bits per heavy atom. The van der Waals surface area contributed by atoms with Gasteiger partial charge in [0.2, 0.25) is 0 Å². The van der Waals surface area contributed by atoms with E-state index in [9.17, 15) is 0 Å². The van der Waals surface area contributed by atoms with Crippen molar-refractivity contribution in [3.8, 4) is 11.4 Å². The van der Waals surface area contributed by atoms with Gasteiger partial charge in [-0.15, -0.1) is 12.4 Å². The second kappa shape index (κ2) is 9.43. The summed E-state index contributed by atoms with van der Waals surface area (Å²) >= 11 is 0. The number of aryl methyl sites for hydroxylation is 1. The van der Waals surface area contributed by atoms with Gasteiger partial charge in [-0.1, -0.05) is 0 Å². The first-order valence-electron chi connectivity index (χ1n) is 9.12. The fraction of sp³-hybridized carbons (Fsp3) is 0.368. The number of nitrogens with zero attached hydrogens (tertiary/aromatic N) is 5. The van der Waals surface area contributed by atoms with E-state index < -0.39 is 0 Å². The summed E-state index contributed by atoms with van der Waals surface area (Å²) in [6, 6.07) is 5.86. The molecule has 0 amide bonds. The molecule has 4 heterocycles. The normalized spacial score (nSPS) is 13.3. The SMILES string of the molecule is Cl.c1cnn(CCCNc2nc(-c3ccncc3)nc3c2CCNCC3)c1. The smallest absolute Gasteiger partial charge is 0.161 e. The average Bonchev–Trinajstić information content (AvgIpc) is 3.09. The zero-order valence-corrected chi connectivity index (χ0v) is 16.0. The summed E-state index contributed by atoms with van der Waals surface area (Å²) in [6.07, 6.45) is 10.2. The van der Waals surface area contributed by atoms with Crippen molar-refractivity contribution in [1.29, 1.82) is 0 Å². The molecule has 0 aliphatic carbocycles. The van der Waals surface area contributed by atoms with Gasteiger partial charge in [-0.25, -0.2) is 9.97 Å². The maximum Gasteiger partial charge on any atom is 0.161 e. The first kappa shape index (κ1) is 19.3. The topological polar surface area (TPSA) is 80.6 Å². The Morgan fingerprint density at radius 3 is 2.74 bits per heavy atom. The lowest BCUT2D eigenvalue weighted by atomic mass is 10.1. The van der Waals surface area contributed by atoms with Crippen LogP contribution in [0.4, 0.5) is 5.82 Å². The van der Waals surface area contributed by atoms with Gasteiger partial charge < -0.3 is 10.6 Å². The van der Waals surface area contributed by atoms with Crippen LogP contribution in [0.1, 0.15) is 17.7 Å². The molecular weight excluding hydrogens is 362 g/mol. The summed E-state index contributed by atoms with van der Waals surface area (Å²) in [5.41, 5.74) is 3.39. The van der Waals surface area contributed by atoms with Crippen molar-refractivity contribution in [1.82, 2.24) is 30.0 Å². The third kappa shape index (κ3) is 4.81. The van der Waals surface area contributed by atoms with Crippen LogP contribution in [0.3, 0.4) is 0 Å². The van der Waals surface area contributed by atoms with Crippen LogP contribution in [0.25, 0.3) is 11.4 Å². The van der Waals surface area contributed by atoms with Crippen LogP contribution < -0.4 is 10.6 Å². The first-order valence-corrected chi connectivity index (χ1v) is 9.12. The van der Waals surface area contributed by atoms with E-state index in [0.717, 1.165) is 68.3 Å². The summed E-state index contributed by atoms with van der Waals surface area (Å²) in [4.78, 5) is 13.8. The van der Waals surface area contributed by atoms with Crippen molar-refractivity contribution in [2.75, 3.05) is 25.0 Å². The standard InChI is InChI=1S/C19H23N7.ClH/c1(13-26-14-2-8-23-26)7-22-19-16-5-11-21-12-6-17(16)24-18(25-19)15-3-9-20-10-4-15;/h2-4,8-10,14,21H,1,5-7,11-13H2,(H,22,24,25);1H. The molecule has 0 saturated heterocycles. The molecule has 0 radical (unpaired) electrons. The highest BCUT2D eigenvalue weighted by atomic mass is 35.5. The van der Waals surface area contributed by atoms with E-state index in [4.69, 9.17) is 9.97 Å². The van der Waals surface area contributed by atoms with Crippen molar-refractivity contribution < 1.29 is 0 Å². The monoisotopic (exact) mass is 385 g/mol. The molecular formula is C19H24ClN7. The summed E-state index contributed by atoms with van der Waals surface area (Å²) in [6.45, 7) is 3.67. The minimum Gasteiger partial charge on any atom is -0.370 e. The van der Waals surface area contributed by atoms with E-state index in [1.54, 1.807) is 12.4 Å². The summed E-state index contributed by atoms with van der Waals surface area (Å²) in [5.74, 6) is 1.73. The molecule has 0 atom stereocenters. The molecule has 0 bridgehead atoms. The number of hydrogen-bond donors (Lipinski definition) is 2. The number of nitrogens with one attached hydrogen (secondary N) is 2. The lowest BCUT2D eigenvalue weighted by Gasteiger charge is -2.15. The lowest BCUT2D eigenvalue weighted by molar-refractivity contribution is 0.591. The van der Waals surface area contributed by atoms with E-state index in [0.29, 0.717) is 0 Å². The lowest BCUT2D eigenvalue weighted by Crippen LogP contribution is -2.16. The minimum atomic E-state index is 0. The highest BCUT2D eigenvalue weighted by Gasteiger charge is 2.17. The largest absolute Gasteiger partial charge is 0.370 e. The number of hydrogen-bond acceptors (Lipinski definition) is 6. The maximum atomic E-state index is 4.84. The van der Waals surface area contributed by atoms with Crippen LogP contribution in [0.2, 0.25) is 0 Å². The Kier molecular flexibility index (Phi) is 6.73. The molecule has 1 aliphatic rings. The van der Waals surface area contributed by atoms with E-state index in [-0.39, 0.29) is 12.4 Å². The third-order valence-electron chi connectivity index (χ3n) is 4.54. The first-order chi connectivity index (χ1) is 12.9. The van der Waals surface area contributed by atoms with Crippen molar-refractivity contribution >= 4 is 18.2 Å². The molecule has 0 spiro atoms. The Bertz CT molecular complexity index is 837. The number of anilines is 1. The second-order valence-corrected chi connectivity index (χ2v) is 6.36. The Balaban J connectivity index is 0.00000210. The van der Waals surface area contributed by atoms with Gasteiger partial charge in [-0.2, -0.15) is 5.10 Å². The molecule has 0 unspecified atom stereocenters. The second-order valence-electron chi connectivity index (χ2n) is 6.36. The van der Waals surface area contributed by atoms with Crippen molar-refractivity contribution in [2.45, 2.75) is 25.8 Å². The molecule has 4 rings (SSSR count). The summed E-state index contributed by atoms with van der Waals surface area (Å²) in [5, 5.41) is 11.2. The van der Waals surface area contributed by atoms with Gasteiger partial charge >= 0.3 is 0 Å². The minimum absolute atomic E-state index is 0. The summed E-state index contributed by atoms with van der Waals surface area (Å²) < 4.78 is 1.95. The molecule has 3 aromatic heterocycles. The molecule has 8 heteroatoms. The Morgan fingerprint density at radius 2 is 1.93 bits per heavy atom. The van der Waals surface area contributed by atoms with Crippen LogP contribution in [0.5, 0.6) is 0 Å². The molecule has 0 saturated carbocycles. The van der Waals surface area contributed by atoms with Crippen LogP contribution in [-0.4, -0.2) is 44.4 Å². The van der Waals surface area contributed by atoms with Gasteiger partial charge in [0.05, 0.1) is 5.69 Å². The van der Waals surface area contributed by atoms with Crippen LogP contribution in [-0.2, 0) is 19.4 Å². The van der Waals surface area contributed by atoms with Gasteiger partial charge in [0.25, 0.3) is 0 Å². The third-order valence-corrected chi connectivity index (χ3v) is 4.54. The quantitative estimate of drug-likeness (QED) is 0.634. The van der Waals surface area contributed by atoms with Gasteiger partial charge in [-0.05, 0) is 37.6 Å². The van der Waals surface area contributed by atoms with E-state index >= 15 is 0 Å². The van der Waals surface area contributed by atoms with Crippen molar-refractivity contribution in [2.24, 2.45) is 0 Å². The van der Waals surface area contributed by atoms with Crippen LogP contribution in [0, 0.1) is 0 Å². The van der Waals surface area contributed by atoms with Gasteiger partial charge in [0.15, 0.2) is 5.82 Å². The summed E-state index contributed by atoms with van der Waals surface area (Å²) in [7, 11) is 0. The number of rotatable bonds is 6. The Labute approximate surface area is 165 Å². The molecule has 27 heavy (non-hydrogen) atoms. The van der Waals surface area contributed by atoms with Crippen molar-refractivity contribution in [3.05, 3.63) is 54.2 Å². The highest BCUT2D eigenvalue weighted by Crippen LogP contribution is 2.24. The van der Waals surface area contributed by atoms with Crippen molar-refractivity contribution in [3.63, 3.8) is 0 Å². The van der Waals surface area contributed by atoms with E-state index in [1.807, 2.05) is 35.3 Å². The van der Waals surface area contributed by atoms with Gasteiger partial charge in [-0.3, -0.25) is 9.67 Å². The molecule has 0 aromatic carbocycles. The molecule has 2 N–H and O–H groups in total. The number of halogens is 1. The zero-order valence-electron chi connectivity index (χ0n) is 15.1. The fourth-order valence-corrected chi connectivity index (χ4v) is 3.20. The number of pyridine rings is 1. The molecule has 0 fully saturated rings. The molecule has 142 valence electrons. The molecule has 1 aliphatic heterocycles.